The van der Waals surface area contributed by atoms with Gasteiger partial charge in [0.05, 0.1) is 4.58 Å². The van der Waals surface area contributed by atoms with Crippen LogP contribution >= 0.6 is 23.5 Å². The van der Waals surface area contributed by atoms with Crippen molar-refractivity contribution in [1.82, 2.24) is 9.88 Å². The summed E-state index contributed by atoms with van der Waals surface area (Å²) in [6.45, 7) is 0.669. The van der Waals surface area contributed by atoms with Crippen molar-refractivity contribution in [2.75, 3.05) is 11.5 Å². The molecule has 2 aliphatic rings. The average molecular weight is 357 g/mol. The molecule has 1 aromatic carbocycles. The van der Waals surface area contributed by atoms with Gasteiger partial charge in [-0.05, 0) is 48.2 Å². The van der Waals surface area contributed by atoms with Gasteiger partial charge in [0.25, 0.3) is 5.91 Å². The molecule has 0 unspecified atom stereocenters. The van der Waals surface area contributed by atoms with E-state index >= 15 is 0 Å². The highest BCUT2D eigenvalue weighted by Gasteiger charge is 2.33. The lowest BCUT2D eigenvalue weighted by atomic mass is 10.1. The zero-order valence-corrected chi connectivity index (χ0v) is 15.1. The summed E-state index contributed by atoms with van der Waals surface area (Å²) < 4.78 is 0.533. The van der Waals surface area contributed by atoms with Gasteiger partial charge >= 0.3 is 0 Å². The third kappa shape index (κ3) is 3.62. The van der Waals surface area contributed by atoms with Gasteiger partial charge < -0.3 is 4.90 Å². The monoisotopic (exact) mass is 356 g/mol. The van der Waals surface area contributed by atoms with Crippen molar-refractivity contribution >= 4 is 29.4 Å². The van der Waals surface area contributed by atoms with E-state index in [0.717, 1.165) is 24.0 Å². The third-order valence-corrected chi connectivity index (χ3v) is 7.51. The molecule has 0 bridgehead atoms. The van der Waals surface area contributed by atoms with E-state index in [1.165, 1.54) is 17.1 Å². The van der Waals surface area contributed by atoms with E-state index in [0.29, 0.717) is 17.2 Å². The lowest BCUT2D eigenvalue weighted by molar-refractivity contribution is 0.0730. The van der Waals surface area contributed by atoms with E-state index in [1.54, 1.807) is 12.4 Å². The molecule has 5 heteroatoms. The van der Waals surface area contributed by atoms with Gasteiger partial charge in [0.2, 0.25) is 0 Å². The van der Waals surface area contributed by atoms with Crippen LogP contribution in [0.4, 0.5) is 0 Å². The molecule has 0 spiro atoms. The molecule has 124 valence electrons. The van der Waals surface area contributed by atoms with Crippen LogP contribution < -0.4 is 0 Å². The molecule has 3 nitrogen and oxygen atoms in total. The number of thioether (sulfide) groups is 2. The van der Waals surface area contributed by atoms with E-state index in [4.69, 9.17) is 0 Å². The maximum absolute atomic E-state index is 13.0. The molecule has 24 heavy (non-hydrogen) atoms. The van der Waals surface area contributed by atoms with Crippen LogP contribution in [0.15, 0.2) is 48.8 Å². The Labute approximate surface area is 151 Å². The Morgan fingerprint density at radius 2 is 1.71 bits per heavy atom. The Balaban J connectivity index is 1.50. The fraction of sp³-hybridized carbons (Fsp3) is 0.368. The first-order valence-electron chi connectivity index (χ1n) is 8.34. The van der Waals surface area contributed by atoms with E-state index < -0.39 is 0 Å². The van der Waals surface area contributed by atoms with Gasteiger partial charge in [-0.1, -0.05) is 12.1 Å². The van der Waals surface area contributed by atoms with Gasteiger partial charge in [0.15, 0.2) is 0 Å². The standard InChI is InChI=1S/C19H20N2OS2/c22-18(15-1-3-16(4-2-15)19-23-11-12-24-19)21(17-5-6-17)13-14-7-9-20-10-8-14/h1-4,7-10,17,19H,5-6,11-13H2. The van der Waals surface area contributed by atoms with Gasteiger partial charge in [-0.2, -0.15) is 0 Å². The second-order valence-corrected chi connectivity index (χ2v) is 8.94. The minimum Gasteiger partial charge on any atom is -0.331 e. The summed E-state index contributed by atoms with van der Waals surface area (Å²) >= 11 is 3.99. The first-order chi connectivity index (χ1) is 11.8. The lowest BCUT2D eigenvalue weighted by Crippen LogP contribution is -2.32. The summed E-state index contributed by atoms with van der Waals surface area (Å²) in [5.74, 6) is 2.59. The smallest absolute Gasteiger partial charge is 0.254 e. The number of hydrogen-bond donors (Lipinski definition) is 0. The minimum absolute atomic E-state index is 0.146. The molecule has 0 N–H and O–H groups in total. The normalized spacial score (nSPS) is 17.8. The van der Waals surface area contributed by atoms with Crippen molar-refractivity contribution in [3.63, 3.8) is 0 Å². The topological polar surface area (TPSA) is 33.2 Å². The molecule has 1 amide bonds. The van der Waals surface area contributed by atoms with Crippen molar-refractivity contribution in [1.29, 1.82) is 0 Å². The largest absolute Gasteiger partial charge is 0.331 e. The number of carbonyl (C=O) groups is 1. The number of amides is 1. The molecular formula is C19H20N2OS2. The lowest BCUT2D eigenvalue weighted by Gasteiger charge is -2.23. The van der Waals surface area contributed by atoms with Crippen LogP contribution in [0.3, 0.4) is 0 Å². The van der Waals surface area contributed by atoms with Crippen LogP contribution in [0.1, 0.15) is 38.9 Å². The summed E-state index contributed by atoms with van der Waals surface area (Å²) in [5.41, 5.74) is 3.26. The Bertz CT molecular complexity index is 695. The van der Waals surface area contributed by atoms with Crippen molar-refractivity contribution in [3.05, 3.63) is 65.5 Å². The van der Waals surface area contributed by atoms with Crippen LogP contribution in [-0.4, -0.2) is 33.3 Å². The maximum Gasteiger partial charge on any atom is 0.254 e. The first kappa shape index (κ1) is 16.0. The van der Waals surface area contributed by atoms with Crippen molar-refractivity contribution in [2.24, 2.45) is 0 Å². The summed E-state index contributed by atoms with van der Waals surface area (Å²) in [7, 11) is 0. The maximum atomic E-state index is 13.0. The van der Waals surface area contributed by atoms with E-state index in [1.807, 2.05) is 52.7 Å². The fourth-order valence-electron chi connectivity index (χ4n) is 2.94. The average Bonchev–Trinajstić information content (AvgIpc) is 3.33. The molecule has 1 aliphatic heterocycles. The van der Waals surface area contributed by atoms with Crippen LogP contribution in [0, 0.1) is 0 Å². The predicted molar refractivity (Wildman–Crippen MR) is 101 cm³/mol. The molecule has 0 atom stereocenters. The highest BCUT2D eigenvalue weighted by atomic mass is 32.2. The second-order valence-electron chi connectivity index (χ2n) is 6.22. The number of benzene rings is 1. The van der Waals surface area contributed by atoms with E-state index in [-0.39, 0.29) is 5.91 Å². The summed E-state index contributed by atoms with van der Waals surface area (Å²) in [6, 6.07) is 12.6. The summed E-state index contributed by atoms with van der Waals surface area (Å²) in [5, 5.41) is 0. The Morgan fingerprint density at radius 1 is 1.04 bits per heavy atom. The third-order valence-electron chi connectivity index (χ3n) is 4.40. The van der Waals surface area contributed by atoms with E-state index in [2.05, 4.69) is 17.1 Å². The zero-order valence-electron chi connectivity index (χ0n) is 13.4. The van der Waals surface area contributed by atoms with Crippen molar-refractivity contribution in [2.45, 2.75) is 30.0 Å². The molecule has 1 saturated heterocycles. The van der Waals surface area contributed by atoms with Crippen LogP contribution in [-0.2, 0) is 6.54 Å². The predicted octanol–water partition coefficient (Wildman–Crippen LogP) is 4.37. The highest BCUT2D eigenvalue weighted by molar-refractivity contribution is 8.19. The highest BCUT2D eigenvalue weighted by Crippen LogP contribution is 2.45. The molecular weight excluding hydrogens is 336 g/mol. The van der Waals surface area contributed by atoms with Crippen molar-refractivity contribution < 1.29 is 4.79 Å². The molecule has 4 rings (SSSR count). The number of pyridine rings is 1. The summed E-state index contributed by atoms with van der Waals surface area (Å²) in [6.07, 6.45) is 5.81. The number of aromatic nitrogens is 1. The van der Waals surface area contributed by atoms with Crippen molar-refractivity contribution in [3.8, 4) is 0 Å². The Morgan fingerprint density at radius 3 is 2.33 bits per heavy atom. The number of rotatable bonds is 5. The quantitative estimate of drug-likeness (QED) is 0.797. The number of carbonyl (C=O) groups excluding carboxylic acids is 1. The van der Waals surface area contributed by atoms with Crippen LogP contribution in [0.2, 0.25) is 0 Å². The molecule has 2 aromatic rings. The van der Waals surface area contributed by atoms with Gasteiger partial charge in [-0.3, -0.25) is 9.78 Å². The van der Waals surface area contributed by atoms with Gasteiger partial charge in [-0.15, -0.1) is 23.5 Å². The molecule has 2 fully saturated rings. The number of hydrogen-bond acceptors (Lipinski definition) is 4. The minimum atomic E-state index is 0.146. The first-order valence-corrected chi connectivity index (χ1v) is 10.4. The fourth-order valence-corrected chi connectivity index (χ4v) is 5.80. The van der Waals surface area contributed by atoms with Gasteiger partial charge in [0.1, 0.15) is 0 Å². The SMILES string of the molecule is O=C(c1ccc(C2SCCS2)cc1)N(Cc1ccncc1)C1CC1. The molecule has 1 saturated carbocycles. The van der Waals surface area contributed by atoms with Gasteiger partial charge in [-0.25, -0.2) is 0 Å². The van der Waals surface area contributed by atoms with E-state index in [9.17, 15) is 4.79 Å². The van der Waals surface area contributed by atoms with Crippen LogP contribution in [0.5, 0.6) is 0 Å². The molecule has 2 heterocycles. The van der Waals surface area contributed by atoms with Crippen LogP contribution in [0.25, 0.3) is 0 Å². The molecule has 1 aliphatic carbocycles. The number of nitrogens with zero attached hydrogens (tertiary/aromatic N) is 2. The summed E-state index contributed by atoms with van der Waals surface area (Å²) in [4.78, 5) is 19.0. The molecule has 0 radical (unpaired) electrons. The zero-order chi connectivity index (χ0) is 16.4. The molecule has 1 aromatic heterocycles. The Kier molecular flexibility index (Phi) is 4.81. The Hall–Kier alpha value is -1.46. The second kappa shape index (κ2) is 7.19. The van der Waals surface area contributed by atoms with Gasteiger partial charge in [0, 0.05) is 42.0 Å².